The van der Waals surface area contributed by atoms with Crippen molar-refractivity contribution in [2.24, 2.45) is 11.7 Å². The minimum Gasteiger partial charge on any atom is -0.395 e. The Morgan fingerprint density at radius 3 is 2.75 bits per heavy atom. The van der Waals surface area contributed by atoms with Crippen molar-refractivity contribution in [1.82, 2.24) is 5.32 Å². The molecular weight excluding hydrogens is 152 g/mol. The Morgan fingerprint density at radius 1 is 1.50 bits per heavy atom. The maximum absolute atomic E-state index is 8.80. The van der Waals surface area contributed by atoms with Gasteiger partial charge in [-0.1, -0.05) is 12.8 Å². The first kappa shape index (κ1) is 9.96. The van der Waals surface area contributed by atoms with Crippen molar-refractivity contribution in [3.8, 4) is 0 Å². The molecule has 1 rings (SSSR count). The van der Waals surface area contributed by atoms with E-state index in [9.17, 15) is 0 Å². The van der Waals surface area contributed by atoms with Crippen LogP contribution in [0.1, 0.15) is 25.7 Å². The monoisotopic (exact) mass is 172 g/mol. The van der Waals surface area contributed by atoms with Crippen molar-refractivity contribution < 1.29 is 5.11 Å². The van der Waals surface area contributed by atoms with Gasteiger partial charge in [0, 0.05) is 12.6 Å². The van der Waals surface area contributed by atoms with E-state index in [2.05, 4.69) is 5.32 Å². The molecule has 0 heterocycles. The van der Waals surface area contributed by atoms with Crippen molar-refractivity contribution in [3.63, 3.8) is 0 Å². The number of hydrogen-bond acceptors (Lipinski definition) is 3. The molecule has 0 saturated heterocycles. The van der Waals surface area contributed by atoms with E-state index in [1.165, 1.54) is 25.7 Å². The van der Waals surface area contributed by atoms with Crippen molar-refractivity contribution >= 4 is 0 Å². The molecule has 0 spiro atoms. The highest BCUT2D eigenvalue weighted by atomic mass is 16.3. The third-order valence-electron chi connectivity index (χ3n) is 2.42. The molecule has 1 unspecified atom stereocenters. The van der Waals surface area contributed by atoms with Gasteiger partial charge in [0.25, 0.3) is 0 Å². The van der Waals surface area contributed by atoms with E-state index in [1.54, 1.807) is 0 Å². The van der Waals surface area contributed by atoms with E-state index in [1.807, 2.05) is 0 Å². The molecule has 0 radical (unpaired) electrons. The zero-order chi connectivity index (χ0) is 8.81. The second-order valence-corrected chi connectivity index (χ2v) is 3.65. The second kappa shape index (κ2) is 5.51. The molecule has 1 saturated carbocycles. The first-order chi connectivity index (χ1) is 5.86. The van der Waals surface area contributed by atoms with E-state index in [0.29, 0.717) is 6.54 Å². The van der Waals surface area contributed by atoms with Crippen LogP contribution in [-0.4, -0.2) is 30.8 Å². The number of hydrogen-bond donors (Lipinski definition) is 3. The number of nitrogens with two attached hydrogens (primary N) is 1. The molecule has 1 aliphatic rings. The molecule has 0 aromatic rings. The lowest BCUT2D eigenvalue weighted by molar-refractivity contribution is 0.245. The van der Waals surface area contributed by atoms with E-state index in [-0.39, 0.29) is 12.6 Å². The van der Waals surface area contributed by atoms with Crippen LogP contribution in [0.3, 0.4) is 0 Å². The maximum Gasteiger partial charge on any atom is 0.0597 e. The summed E-state index contributed by atoms with van der Waals surface area (Å²) in [6.07, 6.45) is 5.43. The Bertz CT molecular complexity index is 111. The van der Waals surface area contributed by atoms with Gasteiger partial charge in [-0.3, -0.25) is 0 Å². The van der Waals surface area contributed by atoms with Crippen LogP contribution in [0, 0.1) is 5.92 Å². The normalized spacial score (nSPS) is 19.5. The molecule has 12 heavy (non-hydrogen) atoms. The molecule has 1 aliphatic carbocycles. The van der Waals surface area contributed by atoms with Crippen LogP contribution in [0.2, 0.25) is 0 Å². The minimum absolute atomic E-state index is 0.101. The lowest BCUT2D eigenvalue weighted by Gasteiger charge is -2.13. The van der Waals surface area contributed by atoms with Gasteiger partial charge in [-0.05, 0) is 25.3 Å². The van der Waals surface area contributed by atoms with Crippen molar-refractivity contribution in [1.29, 1.82) is 0 Å². The first-order valence-corrected chi connectivity index (χ1v) is 4.91. The molecule has 1 fully saturated rings. The van der Waals surface area contributed by atoms with Crippen LogP contribution in [0.15, 0.2) is 0 Å². The highest BCUT2D eigenvalue weighted by molar-refractivity contribution is 4.73. The summed E-state index contributed by atoms with van der Waals surface area (Å²) in [4.78, 5) is 0. The summed E-state index contributed by atoms with van der Waals surface area (Å²) in [5, 5.41) is 12.0. The maximum atomic E-state index is 8.80. The highest BCUT2D eigenvalue weighted by Crippen LogP contribution is 2.33. The van der Waals surface area contributed by atoms with Crippen molar-refractivity contribution in [3.05, 3.63) is 0 Å². The predicted octanol–water partition coefficient (Wildman–Crippen LogP) is 0.0858. The van der Waals surface area contributed by atoms with Gasteiger partial charge in [-0.25, -0.2) is 0 Å². The van der Waals surface area contributed by atoms with E-state index in [0.717, 1.165) is 12.5 Å². The minimum atomic E-state index is 0.101. The first-order valence-electron chi connectivity index (χ1n) is 4.91. The molecule has 3 heteroatoms. The molecular formula is C9H20N2O. The van der Waals surface area contributed by atoms with Crippen LogP contribution in [-0.2, 0) is 0 Å². The zero-order valence-corrected chi connectivity index (χ0v) is 7.63. The number of aliphatic hydroxyl groups excluding tert-OH is 1. The zero-order valence-electron chi connectivity index (χ0n) is 7.63. The molecule has 3 nitrogen and oxygen atoms in total. The molecule has 0 amide bonds. The summed E-state index contributed by atoms with van der Waals surface area (Å²) < 4.78 is 0. The Kier molecular flexibility index (Phi) is 4.58. The fourth-order valence-electron chi connectivity index (χ4n) is 1.33. The number of aliphatic hydroxyl groups is 1. The SMILES string of the molecule is NCC(CO)NCCCC1CC1. The fourth-order valence-corrected chi connectivity index (χ4v) is 1.33. The molecule has 0 aromatic carbocycles. The summed E-state index contributed by atoms with van der Waals surface area (Å²) >= 11 is 0. The van der Waals surface area contributed by atoms with Gasteiger partial charge >= 0.3 is 0 Å². The lowest BCUT2D eigenvalue weighted by Crippen LogP contribution is -2.39. The molecule has 4 N–H and O–H groups in total. The van der Waals surface area contributed by atoms with Crippen molar-refractivity contribution in [2.45, 2.75) is 31.7 Å². The number of nitrogens with one attached hydrogen (secondary N) is 1. The summed E-state index contributed by atoms with van der Waals surface area (Å²) in [7, 11) is 0. The Morgan fingerprint density at radius 2 is 2.25 bits per heavy atom. The smallest absolute Gasteiger partial charge is 0.0597 e. The molecule has 72 valence electrons. The van der Waals surface area contributed by atoms with E-state index in [4.69, 9.17) is 10.8 Å². The highest BCUT2D eigenvalue weighted by Gasteiger charge is 2.19. The van der Waals surface area contributed by atoms with Gasteiger partial charge in [0.2, 0.25) is 0 Å². The van der Waals surface area contributed by atoms with Gasteiger partial charge in [0.15, 0.2) is 0 Å². The van der Waals surface area contributed by atoms with Gasteiger partial charge < -0.3 is 16.2 Å². The summed E-state index contributed by atoms with van der Waals surface area (Å²) in [5.41, 5.74) is 5.42. The van der Waals surface area contributed by atoms with E-state index >= 15 is 0 Å². The Hall–Kier alpha value is -0.120. The lowest BCUT2D eigenvalue weighted by atomic mass is 10.2. The standard InChI is InChI=1S/C9H20N2O/c10-6-9(7-12)11-5-1-2-8-3-4-8/h8-9,11-12H,1-7,10H2. The van der Waals surface area contributed by atoms with Crippen LogP contribution in [0.25, 0.3) is 0 Å². The molecule has 0 bridgehead atoms. The summed E-state index contributed by atoms with van der Waals surface area (Å²) in [6.45, 7) is 1.68. The Labute approximate surface area is 74.3 Å². The van der Waals surface area contributed by atoms with Gasteiger partial charge in [-0.15, -0.1) is 0 Å². The largest absolute Gasteiger partial charge is 0.395 e. The van der Waals surface area contributed by atoms with Gasteiger partial charge in [0.05, 0.1) is 6.61 Å². The van der Waals surface area contributed by atoms with E-state index < -0.39 is 0 Å². The van der Waals surface area contributed by atoms with Crippen molar-refractivity contribution in [2.75, 3.05) is 19.7 Å². The second-order valence-electron chi connectivity index (χ2n) is 3.65. The third-order valence-corrected chi connectivity index (χ3v) is 2.42. The Balaban J connectivity index is 1.85. The quantitative estimate of drug-likeness (QED) is 0.477. The predicted molar refractivity (Wildman–Crippen MR) is 49.9 cm³/mol. The summed E-state index contributed by atoms with van der Waals surface area (Å²) in [6, 6.07) is 0.101. The van der Waals surface area contributed by atoms with Crippen LogP contribution in [0.4, 0.5) is 0 Å². The number of rotatable bonds is 7. The van der Waals surface area contributed by atoms with Gasteiger partial charge in [0.1, 0.15) is 0 Å². The third kappa shape index (κ3) is 4.04. The van der Waals surface area contributed by atoms with Gasteiger partial charge in [-0.2, -0.15) is 0 Å². The average molecular weight is 172 g/mol. The average Bonchev–Trinajstić information content (AvgIpc) is 2.89. The molecule has 1 atom stereocenters. The molecule has 0 aliphatic heterocycles. The van der Waals surface area contributed by atoms with Crippen LogP contribution in [0.5, 0.6) is 0 Å². The van der Waals surface area contributed by atoms with Crippen LogP contribution >= 0.6 is 0 Å². The summed E-state index contributed by atoms with van der Waals surface area (Å²) in [5.74, 6) is 1.01. The topological polar surface area (TPSA) is 58.3 Å². The van der Waals surface area contributed by atoms with Crippen LogP contribution < -0.4 is 11.1 Å². The molecule has 0 aromatic heterocycles. The fraction of sp³-hybridized carbons (Fsp3) is 1.00.